The summed E-state index contributed by atoms with van der Waals surface area (Å²) in [5, 5.41) is 0. The smallest absolute Gasteiger partial charge is 0.265 e. The first-order valence-electron chi connectivity index (χ1n) is 5.83. The van der Waals surface area contributed by atoms with Crippen molar-refractivity contribution >= 4 is 17.9 Å². The number of carbonyl (C=O) groups excluding carboxylic acids is 2. The first-order valence-corrected chi connectivity index (χ1v) is 5.83. The molecule has 1 aliphatic rings. The topological polar surface area (TPSA) is 50.3 Å². The quantitative estimate of drug-likeness (QED) is 0.769. The van der Waals surface area contributed by atoms with Gasteiger partial charge in [0, 0.05) is 12.4 Å². The van der Waals surface area contributed by atoms with Crippen molar-refractivity contribution in [2.75, 3.05) is 0 Å². The van der Waals surface area contributed by atoms with Gasteiger partial charge in [0.15, 0.2) is 0 Å². The Morgan fingerprint density at radius 1 is 0.895 bits per heavy atom. The molecule has 0 atom stereocenters. The molecule has 0 unspecified atom stereocenters. The molecule has 92 valence electrons. The van der Waals surface area contributed by atoms with Crippen LogP contribution in [0.4, 0.5) is 0 Å². The number of carbonyl (C=O) groups is 2. The number of aromatic nitrogens is 1. The van der Waals surface area contributed by atoms with Gasteiger partial charge in [0.1, 0.15) is 0 Å². The number of rotatable bonds is 2. The van der Waals surface area contributed by atoms with E-state index < -0.39 is 0 Å². The van der Waals surface area contributed by atoms with Crippen molar-refractivity contribution in [1.29, 1.82) is 0 Å². The van der Waals surface area contributed by atoms with E-state index in [4.69, 9.17) is 0 Å². The summed E-state index contributed by atoms with van der Waals surface area (Å²) in [6.45, 7) is 0. The molecule has 0 spiro atoms. The fourth-order valence-corrected chi connectivity index (χ4v) is 1.97. The van der Waals surface area contributed by atoms with Crippen molar-refractivity contribution in [2.45, 2.75) is 0 Å². The molecule has 2 aromatic rings. The summed E-state index contributed by atoms with van der Waals surface area (Å²) in [5.74, 6) is -0.597. The zero-order valence-corrected chi connectivity index (χ0v) is 9.98. The van der Waals surface area contributed by atoms with Gasteiger partial charge in [-0.05, 0) is 30.3 Å². The molecule has 19 heavy (non-hydrogen) atoms. The van der Waals surface area contributed by atoms with Gasteiger partial charge in [-0.15, -0.1) is 0 Å². The molecule has 0 radical (unpaired) electrons. The van der Waals surface area contributed by atoms with E-state index in [1.807, 2.05) is 6.07 Å². The lowest BCUT2D eigenvalue weighted by Crippen LogP contribution is -2.23. The van der Waals surface area contributed by atoms with Crippen LogP contribution in [0, 0.1) is 0 Å². The first-order chi connectivity index (χ1) is 9.27. The highest BCUT2D eigenvalue weighted by atomic mass is 16.2. The highest BCUT2D eigenvalue weighted by Crippen LogP contribution is 2.22. The molecule has 0 saturated heterocycles. The fraction of sp³-hybridized carbons (Fsp3) is 0. The Morgan fingerprint density at radius 2 is 1.53 bits per heavy atom. The van der Waals surface area contributed by atoms with E-state index in [1.54, 1.807) is 48.7 Å². The summed E-state index contributed by atoms with van der Waals surface area (Å²) in [6.07, 6.45) is 4.76. The second-order valence-corrected chi connectivity index (χ2v) is 4.10. The SMILES string of the molecule is O=C1c2ccccc2C(=O)N1/C=C/c1ccccn1. The highest BCUT2D eigenvalue weighted by Gasteiger charge is 2.33. The molecule has 0 fully saturated rings. The van der Waals surface area contributed by atoms with Crippen molar-refractivity contribution in [3.63, 3.8) is 0 Å². The largest absolute Gasteiger partial charge is 0.268 e. The van der Waals surface area contributed by atoms with E-state index >= 15 is 0 Å². The van der Waals surface area contributed by atoms with Gasteiger partial charge in [0.2, 0.25) is 0 Å². The molecule has 4 nitrogen and oxygen atoms in total. The fourth-order valence-electron chi connectivity index (χ4n) is 1.97. The number of pyridine rings is 1. The van der Waals surface area contributed by atoms with E-state index in [1.165, 1.54) is 6.20 Å². The lowest BCUT2D eigenvalue weighted by atomic mass is 10.1. The Labute approximate surface area is 110 Å². The first kappa shape index (κ1) is 11.3. The van der Waals surface area contributed by atoms with Gasteiger partial charge in [0.05, 0.1) is 16.8 Å². The number of amides is 2. The summed E-state index contributed by atoms with van der Waals surface area (Å²) >= 11 is 0. The standard InChI is InChI=1S/C15H10N2O2/c18-14-12-6-1-2-7-13(12)15(19)17(14)10-8-11-5-3-4-9-16-11/h1-10H/b10-8+. The van der Waals surface area contributed by atoms with Crippen molar-refractivity contribution in [3.8, 4) is 0 Å². The van der Waals surface area contributed by atoms with Crippen LogP contribution in [0.3, 0.4) is 0 Å². The van der Waals surface area contributed by atoms with Crippen molar-refractivity contribution in [3.05, 3.63) is 71.7 Å². The minimum atomic E-state index is -0.298. The van der Waals surface area contributed by atoms with Crippen molar-refractivity contribution in [1.82, 2.24) is 9.88 Å². The Morgan fingerprint density at radius 3 is 2.11 bits per heavy atom. The highest BCUT2D eigenvalue weighted by molar-refractivity contribution is 6.22. The van der Waals surface area contributed by atoms with Gasteiger partial charge in [0.25, 0.3) is 11.8 Å². The van der Waals surface area contributed by atoms with Crippen LogP contribution in [-0.2, 0) is 0 Å². The molecule has 2 heterocycles. The summed E-state index contributed by atoms with van der Waals surface area (Å²) in [6, 6.07) is 12.3. The van der Waals surface area contributed by atoms with E-state index in [0.717, 1.165) is 4.90 Å². The molecule has 4 heteroatoms. The molecule has 3 rings (SSSR count). The third-order valence-corrected chi connectivity index (χ3v) is 2.91. The maximum Gasteiger partial charge on any atom is 0.265 e. The van der Waals surface area contributed by atoms with E-state index in [9.17, 15) is 9.59 Å². The molecule has 0 aliphatic carbocycles. The van der Waals surface area contributed by atoms with Gasteiger partial charge in [-0.25, -0.2) is 4.90 Å². The summed E-state index contributed by atoms with van der Waals surface area (Å²) < 4.78 is 0. The van der Waals surface area contributed by atoms with Crippen molar-refractivity contribution in [2.24, 2.45) is 0 Å². The summed E-state index contributed by atoms with van der Waals surface area (Å²) in [5.41, 5.74) is 1.58. The summed E-state index contributed by atoms with van der Waals surface area (Å²) in [4.78, 5) is 29.3. The number of fused-ring (bicyclic) bond motifs is 1. The number of hydrogen-bond acceptors (Lipinski definition) is 3. The second kappa shape index (κ2) is 4.49. The lowest BCUT2D eigenvalue weighted by molar-refractivity contribution is 0.0722. The zero-order valence-electron chi connectivity index (χ0n) is 9.98. The number of benzene rings is 1. The molecule has 1 aliphatic heterocycles. The Kier molecular flexibility index (Phi) is 2.68. The number of hydrogen-bond donors (Lipinski definition) is 0. The normalized spacial score (nSPS) is 14.2. The Bertz CT molecular complexity index is 643. The third kappa shape index (κ3) is 1.93. The summed E-state index contributed by atoms with van der Waals surface area (Å²) in [7, 11) is 0. The minimum Gasteiger partial charge on any atom is -0.268 e. The number of imide groups is 1. The minimum absolute atomic E-state index is 0.298. The molecule has 0 N–H and O–H groups in total. The third-order valence-electron chi connectivity index (χ3n) is 2.91. The van der Waals surface area contributed by atoms with Crippen LogP contribution in [0.2, 0.25) is 0 Å². The van der Waals surface area contributed by atoms with E-state index in [2.05, 4.69) is 4.98 Å². The zero-order chi connectivity index (χ0) is 13.2. The average molecular weight is 250 g/mol. The maximum atomic E-state index is 12.1. The molecule has 1 aromatic heterocycles. The van der Waals surface area contributed by atoms with Crippen LogP contribution in [0.25, 0.3) is 6.08 Å². The van der Waals surface area contributed by atoms with Crippen LogP contribution in [0.5, 0.6) is 0 Å². The van der Waals surface area contributed by atoms with Crippen LogP contribution in [0.15, 0.2) is 54.9 Å². The molecule has 0 bridgehead atoms. The van der Waals surface area contributed by atoms with Gasteiger partial charge in [-0.2, -0.15) is 0 Å². The Hall–Kier alpha value is -2.75. The van der Waals surface area contributed by atoms with E-state index in [0.29, 0.717) is 16.8 Å². The second-order valence-electron chi connectivity index (χ2n) is 4.10. The van der Waals surface area contributed by atoms with Crippen LogP contribution < -0.4 is 0 Å². The average Bonchev–Trinajstić information content (AvgIpc) is 2.71. The van der Waals surface area contributed by atoms with Gasteiger partial charge in [-0.1, -0.05) is 18.2 Å². The maximum absolute atomic E-state index is 12.1. The van der Waals surface area contributed by atoms with Gasteiger partial charge >= 0.3 is 0 Å². The lowest BCUT2D eigenvalue weighted by Gasteiger charge is -2.06. The monoisotopic (exact) mass is 250 g/mol. The van der Waals surface area contributed by atoms with Gasteiger partial charge < -0.3 is 0 Å². The van der Waals surface area contributed by atoms with Crippen LogP contribution >= 0.6 is 0 Å². The Balaban J connectivity index is 1.91. The van der Waals surface area contributed by atoms with Crippen molar-refractivity contribution < 1.29 is 9.59 Å². The molecule has 0 saturated carbocycles. The predicted octanol–water partition coefficient (Wildman–Crippen LogP) is 2.35. The molecular weight excluding hydrogens is 240 g/mol. The number of nitrogens with zero attached hydrogens (tertiary/aromatic N) is 2. The predicted molar refractivity (Wildman–Crippen MR) is 70.2 cm³/mol. The van der Waals surface area contributed by atoms with Gasteiger partial charge in [-0.3, -0.25) is 14.6 Å². The molecule has 1 aromatic carbocycles. The van der Waals surface area contributed by atoms with Crippen LogP contribution in [-0.4, -0.2) is 21.7 Å². The molecule has 2 amide bonds. The van der Waals surface area contributed by atoms with E-state index in [-0.39, 0.29) is 11.8 Å². The molecular formula is C15H10N2O2. The van der Waals surface area contributed by atoms with Crippen LogP contribution in [0.1, 0.15) is 26.4 Å².